The molecule has 31 heavy (non-hydrogen) atoms. The molecule has 0 unspecified atom stereocenters. The van der Waals surface area contributed by atoms with Crippen LogP contribution in [0.2, 0.25) is 5.02 Å². The van der Waals surface area contributed by atoms with Crippen LogP contribution in [0.25, 0.3) is 6.08 Å². The molecule has 3 aromatic carbocycles. The van der Waals surface area contributed by atoms with Crippen molar-refractivity contribution >= 4 is 46.3 Å². The molecule has 5 nitrogen and oxygen atoms in total. The van der Waals surface area contributed by atoms with E-state index in [0.717, 1.165) is 22.9 Å². The average Bonchev–Trinajstić information content (AvgIpc) is 3.06. The van der Waals surface area contributed by atoms with Gasteiger partial charge in [0, 0.05) is 5.02 Å². The average molecular weight is 452 g/mol. The van der Waals surface area contributed by atoms with Crippen LogP contribution in [0.1, 0.15) is 11.1 Å². The summed E-state index contributed by atoms with van der Waals surface area (Å²) >= 11 is 6.84. The molecule has 0 aromatic heterocycles. The van der Waals surface area contributed by atoms with Gasteiger partial charge in [-0.3, -0.25) is 9.59 Å². The minimum atomic E-state index is -0.347. The molecule has 0 aliphatic carbocycles. The molecule has 3 aromatic rings. The minimum absolute atomic E-state index is 0.324. The third kappa shape index (κ3) is 4.76. The van der Waals surface area contributed by atoms with Crippen LogP contribution in [0.3, 0.4) is 0 Å². The number of anilines is 1. The summed E-state index contributed by atoms with van der Waals surface area (Å²) in [6.07, 6.45) is 1.68. The van der Waals surface area contributed by atoms with E-state index in [-0.39, 0.29) is 11.1 Å². The zero-order chi connectivity index (χ0) is 21.8. The first-order chi connectivity index (χ1) is 15.0. The van der Waals surface area contributed by atoms with E-state index in [9.17, 15) is 9.59 Å². The fraction of sp³-hybridized carbons (Fsp3) is 0.0833. The van der Waals surface area contributed by atoms with Gasteiger partial charge in [-0.15, -0.1) is 0 Å². The van der Waals surface area contributed by atoms with E-state index < -0.39 is 0 Å². The maximum absolute atomic E-state index is 12.8. The Morgan fingerprint density at radius 1 is 0.968 bits per heavy atom. The number of nitrogens with zero attached hydrogens (tertiary/aromatic N) is 1. The van der Waals surface area contributed by atoms with Gasteiger partial charge in [0.2, 0.25) is 0 Å². The zero-order valence-electron chi connectivity index (χ0n) is 16.6. The number of imide groups is 1. The number of carbonyl (C=O) groups is 2. The van der Waals surface area contributed by atoms with Crippen LogP contribution in [0.5, 0.6) is 11.5 Å². The highest BCUT2D eigenvalue weighted by atomic mass is 35.5. The van der Waals surface area contributed by atoms with Gasteiger partial charge in [0.05, 0.1) is 17.7 Å². The molecule has 0 radical (unpaired) electrons. The van der Waals surface area contributed by atoms with Crippen molar-refractivity contribution in [3.8, 4) is 11.5 Å². The summed E-state index contributed by atoms with van der Waals surface area (Å²) < 4.78 is 11.3. The van der Waals surface area contributed by atoms with Crippen molar-refractivity contribution in [2.24, 2.45) is 0 Å². The Bertz CT molecular complexity index is 1150. The molecule has 7 heteroatoms. The number of carbonyl (C=O) groups excluding carboxylic acids is 2. The SMILES string of the molecule is COc1ccc(/C=C2/SC(=O)N(c3ccccc3)C2=O)cc1OCc1ccc(Cl)cc1. The van der Waals surface area contributed by atoms with Crippen LogP contribution in [-0.2, 0) is 11.4 Å². The van der Waals surface area contributed by atoms with E-state index in [1.165, 1.54) is 4.90 Å². The third-order valence-electron chi connectivity index (χ3n) is 4.60. The lowest BCUT2D eigenvalue weighted by Crippen LogP contribution is -2.27. The lowest BCUT2D eigenvalue weighted by Gasteiger charge is -2.12. The highest BCUT2D eigenvalue weighted by molar-refractivity contribution is 8.19. The van der Waals surface area contributed by atoms with Gasteiger partial charge in [0.15, 0.2) is 11.5 Å². The molecule has 156 valence electrons. The van der Waals surface area contributed by atoms with Crippen molar-refractivity contribution in [3.63, 3.8) is 0 Å². The van der Waals surface area contributed by atoms with Gasteiger partial charge in [0.1, 0.15) is 6.61 Å². The third-order valence-corrected chi connectivity index (χ3v) is 5.72. The number of hydrogen-bond donors (Lipinski definition) is 0. The summed E-state index contributed by atoms with van der Waals surface area (Å²) in [5.41, 5.74) is 2.24. The topological polar surface area (TPSA) is 55.8 Å². The Hall–Kier alpha value is -3.22. The number of amides is 2. The molecule has 1 heterocycles. The number of hydrogen-bond acceptors (Lipinski definition) is 5. The molecule has 0 N–H and O–H groups in total. The normalized spacial score (nSPS) is 14.9. The van der Waals surface area contributed by atoms with Gasteiger partial charge >= 0.3 is 0 Å². The summed E-state index contributed by atoms with van der Waals surface area (Å²) in [6, 6.07) is 21.6. The number of halogens is 1. The van der Waals surface area contributed by atoms with Gasteiger partial charge in [-0.1, -0.05) is 48.0 Å². The first-order valence-corrected chi connectivity index (χ1v) is 10.6. The number of rotatable bonds is 6. The largest absolute Gasteiger partial charge is 0.493 e. The smallest absolute Gasteiger partial charge is 0.298 e. The molecule has 0 atom stereocenters. The van der Waals surface area contributed by atoms with E-state index in [1.807, 2.05) is 24.3 Å². The summed E-state index contributed by atoms with van der Waals surface area (Å²) in [6.45, 7) is 0.335. The Morgan fingerprint density at radius 3 is 2.42 bits per heavy atom. The Kier molecular flexibility index (Phi) is 6.30. The van der Waals surface area contributed by atoms with Crippen LogP contribution in [0.15, 0.2) is 77.7 Å². The van der Waals surface area contributed by atoms with E-state index in [2.05, 4.69) is 0 Å². The van der Waals surface area contributed by atoms with Crippen molar-refractivity contribution < 1.29 is 19.1 Å². The molecule has 1 saturated heterocycles. The molecule has 1 aliphatic heterocycles. The Morgan fingerprint density at radius 2 is 1.71 bits per heavy atom. The van der Waals surface area contributed by atoms with Gasteiger partial charge in [-0.05, 0) is 65.4 Å². The molecule has 4 rings (SSSR count). The monoisotopic (exact) mass is 451 g/mol. The van der Waals surface area contributed by atoms with Gasteiger partial charge in [0.25, 0.3) is 11.1 Å². The maximum Gasteiger partial charge on any atom is 0.298 e. The number of thioether (sulfide) groups is 1. The molecule has 0 spiro atoms. The highest BCUT2D eigenvalue weighted by Gasteiger charge is 2.36. The molecular formula is C24H18ClNO4S. The Balaban J connectivity index is 1.56. The van der Waals surface area contributed by atoms with Gasteiger partial charge < -0.3 is 9.47 Å². The van der Waals surface area contributed by atoms with Crippen LogP contribution < -0.4 is 14.4 Å². The van der Waals surface area contributed by atoms with E-state index in [0.29, 0.717) is 33.7 Å². The second kappa shape index (κ2) is 9.29. The van der Waals surface area contributed by atoms with Gasteiger partial charge in [-0.2, -0.15) is 0 Å². The van der Waals surface area contributed by atoms with Crippen molar-refractivity contribution in [3.05, 3.63) is 93.9 Å². The van der Waals surface area contributed by atoms with Crippen molar-refractivity contribution in [1.29, 1.82) is 0 Å². The van der Waals surface area contributed by atoms with Crippen LogP contribution in [0.4, 0.5) is 10.5 Å². The summed E-state index contributed by atoms with van der Waals surface area (Å²) in [5.74, 6) is 0.762. The van der Waals surface area contributed by atoms with E-state index >= 15 is 0 Å². The molecule has 0 saturated carbocycles. The van der Waals surface area contributed by atoms with Crippen molar-refractivity contribution in [1.82, 2.24) is 0 Å². The fourth-order valence-electron chi connectivity index (χ4n) is 3.06. The second-order valence-electron chi connectivity index (χ2n) is 6.68. The van der Waals surface area contributed by atoms with Crippen LogP contribution in [0, 0.1) is 0 Å². The minimum Gasteiger partial charge on any atom is -0.493 e. The van der Waals surface area contributed by atoms with Crippen LogP contribution >= 0.6 is 23.4 Å². The van der Waals surface area contributed by atoms with E-state index in [4.69, 9.17) is 21.1 Å². The number of ether oxygens (including phenoxy) is 2. The highest BCUT2D eigenvalue weighted by Crippen LogP contribution is 2.37. The summed E-state index contributed by atoms with van der Waals surface area (Å²) in [7, 11) is 1.56. The summed E-state index contributed by atoms with van der Waals surface area (Å²) in [5, 5.41) is 0.336. The predicted molar refractivity (Wildman–Crippen MR) is 124 cm³/mol. The lowest BCUT2D eigenvalue weighted by atomic mass is 10.1. The second-order valence-corrected chi connectivity index (χ2v) is 8.11. The van der Waals surface area contributed by atoms with Crippen molar-refractivity contribution in [2.45, 2.75) is 6.61 Å². The van der Waals surface area contributed by atoms with Gasteiger partial charge in [-0.25, -0.2) is 4.90 Å². The lowest BCUT2D eigenvalue weighted by molar-refractivity contribution is -0.113. The number of para-hydroxylation sites is 1. The maximum atomic E-state index is 12.8. The molecule has 1 fully saturated rings. The van der Waals surface area contributed by atoms with Crippen LogP contribution in [-0.4, -0.2) is 18.3 Å². The quantitative estimate of drug-likeness (QED) is 0.419. The Labute approximate surface area is 189 Å². The first-order valence-electron chi connectivity index (χ1n) is 9.43. The van der Waals surface area contributed by atoms with E-state index in [1.54, 1.807) is 61.7 Å². The fourth-order valence-corrected chi connectivity index (χ4v) is 4.02. The zero-order valence-corrected chi connectivity index (χ0v) is 18.2. The number of benzene rings is 3. The number of methoxy groups -OCH3 is 1. The molecule has 2 amide bonds. The van der Waals surface area contributed by atoms with Crippen molar-refractivity contribution in [2.75, 3.05) is 12.0 Å². The first kappa shape index (κ1) is 21.0. The standard InChI is InChI=1S/C24H18ClNO4S/c1-29-20-12-9-17(13-21(20)30-15-16-7-10-18(25)11-8-16)14-22-23(27)26(24(28)31-22)19-5-3-2-4-6-19/h2-14H,15H2,1H3/b22-14+. The summed E-state index contributed by atoms with van der Waals surface area (Å²) in [4.78, 5) is 26.8. The molecular weight excluding hydrogens is 434 g/mol. The molecule has 1 aliphatic rings. The predicted octanol–water partition coefficient (Wildman–Crippen LogP) is 6.17. The molecule has 0 bridgehead atoms.